The van der Waals surface area contributed by atoms with Gasteiger partial charge in [-0.2, -0.15) is 0 Å². The zero-order valence-corrected chi connectivity index (χ0v) is 9.72. The summed E-state index contributed by atoms with van der Waals surface area (Å²) in [5, 5.41) is 0. The Kier molecular flexibility index (Phi) is 2.61. The summed E-state index contributed by atoms with van der Waals surface area (Å²) in [5.41, 5.74) is 0.976. The van der Waals surface area contributed by atoms with Crippen molar-refractivity contribution < 1.29 is 14.3 Å². The van der Waals surface area contributed by atoms with E-state index in [1.807, 2.05) is 12.2 Å². The molecule has 17 heavy (non-hydrogen) atoms. The molecule has 0 aromatic carbocycles. The summed E-state index contributed by atoms with van der Waals surface area (Å²) in [6.45, 7) is 0. The van der Waals surface area contributed by atoms with Gasteiger partial charge in [-0.25, -0.2) is 0 Å². The molecule has 0 radical (unpaired) electrons. The van der Waals surface area contributed by atoms with E-state index in [2.05, 4.69) is 6.08 Å². The number of ketones is 1. The van der Waals surface area contributed by atoms with Crippen LogP contribution in [0.2, 0.25) is 0 Å². The fourth-order valence-electron chi connectivity index (χ4n) is 3.04. The molecule has 90 valence electrons. The second-order valence-corrected chi connectivity index (χ2v) is 5.11. The predicted octanol–water partition coefficient (Wildman–Crippen LogP) is 2.17. The number of hydrogen-bond donors (Lipinski definition) is 0. The molecule has 0 aromatic rings. The van der Waals surface area contributed by atoms with Crippen molar-refractivity contribution in [1.82, 2.24) is 0 Å². The van der Waals surface area contributed by atoms with Crippen LogP contribution in [0.1, 0.15) is 32.1 Å². The van der Waals surface area contributed by atoms with Gasteiger partial charge in [-0.05, 0) is 43.3 Å². The summed E-state index contributed by atoms with van der Waals surface area (Å²) in [7, 11) is 0. The van der Waals surface area contributed by atoms with Crippen LogP contribution in [0.5, 0.6) is 0 Å². The zero-order chi connectivity index (χ0) is 11.8. The summed E-state index contributed by atoms with van der Waals surface area (Å²) in [5.74, 6) is 0.502. The van der Waals surface area contributed by atoms with Gasteiger partial charge in [0, 0.05) is 6.42 Å². The molecule has 2 bridgehead atoms. The van der Waals surface area contributed by atoms with Crippen LogP contribution in [0, 0.1) is 11.8 Å². The lowest BCUT2D eigenvalue weighted by atomic mass is 9.77. The van der Waals surface area contributed by atoms with Gasteiger partial charge in [-0.1, -0.05) is 12.2 Å². The van der Waals surface area contributed by atoms with Crippen LogP contribution in [0.25, 0.3) is 0 Å². The lowest BCUT2D eigenvalue weighted by molar-refractivity contribution is -0.161. The van der Waals surface area contributed by atoms with Crippen molar-refractivity contribution in [1.29, 1.82) is 0 Å². The van der Waals surface area contributed by atoms with Crippen LogP contribution in [-0.4, -0.2) is 17.9 Å². The molecule has 1 saturated heterocycles. The highest BCUT2D eigenvalue weighted by Gasteiger charge is 2.39. The van der Waals surface area contributed by atoms with E-state index in [4.69, 9.17) is 4.74 Å². The van der Waals surface area contributed by atoms with Gasteiger partial charge in [0.05, 0.1) is 5.92 Å². The maximum Gasteiger partial charge on any atom is 0.313 e. The summed E-state index contributed by atoms with van der Waals surface area (Å²) >= 11 is 0. The highest BCUT2D eigenvalue weighted by molar-refractivity contribution is 5.97. The first-order valence-electron chi connectivity index (χ1n) is 6.35. The van der Waals surface area contributed by atoms with E-state index in [1.165, 1.54) is 0 Å². The van der Waals surface area contributed by atoms with E-state index < -0.39 is 0 Å². The van der Waals surface area contributed by atoms with Crippen molar-refractivity contribution >= 4 is 11.8 Å². The van der Waals surface area contributed by atoms with Crippen molar-refractivity contribution in [3.05, 3.63) is 23.8 Å². The minimum absolute atomic E-state index is 0.0224. The van der Waals surface area contributed by atoms with Crippen molar-refractivity contribution in [3.8, 4) is 0 Å². The third-order valence-corrected chi connectivity index (χ3v) is 4.02. The second kappa shape index (κ2) is 4.13. The Hall–Kier alpha value is -1.38. The second-order valence-electron chi connectivity index (χ2n) is 5.11. The fraction of sp³-hybridized carbons (Fsp3) is 0.571. The number of fused-ring (bicyclic) bond motifs is 2. The van der Waals surface area contributed by atoms with Crippen LogP contribution in [0.4, 0.5) is 0 Å². The van der Waals surface area contributed by atoms with Crippen molar-refractivity contribution in [2.45, 2.75) is 38.2 Å². The Balaban J connectivity index is 1.61. The van der Waals surface area contributed by atoms with Gasteiger partial charge in [0.15, 0.2) is 5.78 Å². The fourth-order valence-corrected chi connectivity index (χ4v) is 3.04. The van der Waals surface area contributed by atoms with Crippen LogP contribution in [-0.2, 0) is 14.3 Å². The largest absolute Gasteiger partial charge is 0.458 e. The molecule has 2 aliphatic heterocycles. The van der Waals surface area contributed by atoms with E-state index in [0.717, 1.165) is 31.3 Å². The SMILES string of the molecule is O=C1CCC=C1CC[C@@H]1C[C@@H]2C=C[C@H]1C(=O)O2. The molecule has 0 spiro atoms. The Bertz CT molecular complexity index is 419. The molecular formula is C14H16O3. The predicted molar refractivity (Wildman–Crippen MR) is 62.2 cm³/mol. The van der Waals surface area contributed by atoms with Gasteiger partial charge < -0.3 is 4.74 Å². The molecule has 0 N–H and O–H groups in total. The van der Waals surface area contributed by atoms with E-state index in [-0.39, 0.29) is 18.0 Å². The zero-order valence-electron chi connectivity index (χ0n) is 9.72. The number of rotatable bonds is 3. The number of carbonyl (C=O) groups excluding carboxylic acids is 2. The highest BCUT2D eigenvalue weighted by atomic mass is 16.5. The van der Waals surface area contributed by atoms with Gasteiger partial charge in [-0.3, -0.25) is 9.59 Å². The lowest BCUT2D eigenvalue weighted by Crippen LogP contribution is -2.40. The average molecular weight is 232 g/mol. The van der Waals surface area contributed by atoms with Crippen molar-refractivity contribution in [3.63, 3.8) is 0 Å². The van der Waals surface area contributed by atoms with E-state index in [1.54, 1.807) is 0 Å². The third-order valence-electron chi connectivity index (χ3n) is 4.02. The maximum absolute atomic E-state index is 11.6. The summed E-state index contributed by atoms with van der Waals surface area (Å²) < 4.78 is 5.20. The molecule has 0 unspecified atom stereocenters. The molecule has 0 saturated carbocycles. The minimum Gasteiger partial charge on any atom is -0.458 e. The molecule has 2 heterocycles. The van der Waals surface area contributed by atoms with Crippen molar-refractivity contribution in [2.24, 2.45) is 11.8 Å². The van der Waals surface area contributed by atoms with Gasteiger partial charge in [0.2, 0.25) is 0 Å². The molecule has 4 rings (SSSR count). The molecule has 0 aromatic heterocycles. The van der Waals surface area contributed by atoms with Crippen LogP contribution in [0.3, 0.4) is 0 Å². The molecule has 0 amide bonds. The number of esters is 1. The summed E-state index contributed by atoms with van der Waals surface area (Å²) in [4.78, 5) is 23.1. The number of allylic oxidation sites excluding steroid dienone is 2. The van der Waals surface area contributed by atoms with E-state index in [9.17, 15) is 9.59 Å². The molecule has 3 heteroatoms. The topological polar surface area (TPSA) is 43.4 Å². The van der Waals surface area contributed by atoms with Crippen LogP contribution in [0.15, 0.2) is 23.8 Å². The van der Waals surface area contributed by atoms with E-state index in [0.29, 0.717) is 18.1 Å². The number of carbonyl (C=O) groups is 2. The third kappa shape index (κ3) is 1.94. The molecule has 2 aliphatic carbocycles. The van der Waals surface area contributed by atoms with Gasteiger partial charge >= 0.3 is 5.97 Å². The number of ether oxygens (including phenoxy) is 1. The lowest BCUT2D eigenvalue weighted by Gasteiger charge is -2.36. The maximum atomic E-state index is 11.6. The molecule has 4 aliphatic rings. The molecule has 1 fully saturated rings. The summed E-state index contributed by atoms with van der Waals surface area (Å²) in [6.07, 6.45) is 10.3. The first-order valence-corrected chi connectivity index (χ1v) is 6.35. The van der Waals surface area contributed by atoms with Gasteiger partial charge in [0.1, 0.15) is 6.10 Å². The smallest absolute Gasteiger partial charge is 0.313 e. The Morgan fingerprint density at radius 2 is 2.18 bits per heavy atom. The monoisotopic (exact) mass is 232 g/mol. The first kappa shape index (κ1) is 10.8. The summed E-state index contributed by atoms with van der Waals surface area (Å²) in [6, 6.07) is 0. The van der Waals surface area contributed by atoms with Crippen molar-refractivity contribution in [2.75, 3.05) is 0 Å². The molecule has 3 atom stereocenters. The number of Topliss-reactive ketones (excluding diaryl/α,β-unsaturated/α-hetero) is 1. The standard InChI is InChI=1S/C14H16O3/c15-13-3-1-2-9(13)4-5-10-8-11-6-7-12(10)14(16)17-11/h2,6-7,10-12H,1,3-5,8H2/t10-,11+,12-/m1/s1. The van der Waals surface area contributed by atoms with Gasteiger partial charge in [-0.15, -0.1) is 0 Å². The number of hydrogen-bond acceptors (Lipinski definition) is 3. The van der Waals surface area contributed by atoms with E-state index >= 15 is 0 Å². The van der Waals surface area contributed by atoms with Crippen LogP contribution < -0.4 is 0 Å². The Morgan fingerprint density at radius 3 is 2.82 bits per heavy atom. The Morgan fingerprint density at radius 1 is 1.29 bits per heavy atom. The normalized spacial score (nSPS) is 35.1. The molecular weight excluding hydrogens is 216 g/mol. The minimum atomic E-state index is -0.0829. The van der Waals surface area contributed by atoms with Crippen LogP contribution >= 0.6 is 0 Å². The Labute approximate surface area is 101 Å². The first-order chi connectivity index (χ1) is 8.24. The quantitative estimate of drug-likeness (QED) is 0.553. The van der Waals surface area contributed by atoms with Gasteiger partial charge in [0.25, 0.3) is 0 Å². The average Bonchev–Trinajstić information content (AvgIpc) is 2.72. The highest BCUT2D eigenvalue weighted by Crippen LogP contribution is 2.37. The molecule has 3 nitrogen and oxygen atoms in total.